The first-order valence-corrected chi connectivity index (χ1v) is 14.5. The highest BCUT2D eigenvalue weighted by Gasteiger charge is 2.26. The van der Waals surface area contributed by atoms with Gasteiger partial charge in [-0.2, -0.15) is 0 Å². The molecule has 216 valence electrons. The van der Waals surface area contributed by atoms with Crippen molar-refractivity contribution in [3.05, 3.63) is 119 Å². The molecule has 0 saturated carbocycles. The maximum absolute atomic E-state index is 12.4. The number of carbonyl (C=O) groups is 1. The summed E-state index contributed by atoms with van der Waals surface area (Å²) in [6.07, 6.45) is 24.6. The number of ether oxygens (including phenoxy) is 1. The fourth-order valence-electron chi connectivity index (χ4n) is 4.67. The summed E-state index contributed by atoms with van der Waals surface area (Å²) in [7, 11) is 0. The molecule has 0 spiro atoms. The maximum atomic E-state index is 12.4. The number of carbonyl (C=O) groups excluding carboxylic acids is 1. The molecule has 1 aromatic rings. The summed E-state index contributed by atoms with van der Waals surface area (Å²) in [6, 6.07) is 7.64. The van der Waals surface area contributed by atoms with Gasteiger partial charge >= 0.3 is 5.97 Å². The molecule has 0 heterocycles. The van der Waals surface area contributed by atoms with E-state index in [9.17, 15) is 4.79 Å². The average Bonchev–Trinajstić information content (AvgIpc) is 2.88. The van der Waals surface area contributed by atoms with Crippen molar-refractivity contribution in [2.75, 3.05) is 0 Å². The Balaban J connectivity index is 0.00000391. The van der Waals surface area contributed by atoms with E-state index in [0.29, 0.717) is 11.7 Å². The van der Waals surface area contributed by atoms with Crippen LogP contribution in [0.1, 0.15) is 93.1 Å². The molecule has 40 heavy (non-hydrogen) atoms. The quantitative estimate of drug-likeness (QED) is 0.0917. The molecule has 0 amide bonds. The molecule has 1 aliphatic carbocycles. The van der Waals surface area contributed by atoms with Gasteiger partial charge in [0.05, 0.1) is 0 Å². The largest absolute Gasteiger partial charge is 0.423 e. The van der Waals surface area contributed by atoms with Crippen LogP contribution in [0.4, 0.5) is 0 Å². The monoisotopic (exact) mass is 540 g/mol. The molecular weight excluding hydrogens is 488 g/mol. The van der Waals surface area contributed by atoms with Crippen LogP contribution >= 0.6 is 0 Å². The number of esters is 1. The summed E-state index contributed by atoms with van der Waals surface area (Å²) in [5.41, 5.74) is 7.71. The molecule has 0 aliphatic heterocycles. The van der Waals surface area contributed by atoms with Crippen LogP contribution in [0.2, 0.25) is 0 Å². The van der Waals surface area contributed by atoms with Gasteiger partial charge in [0.25, 0.3) is 0 Å². The maximum Gasteiger partial charge on any atom is 0.336 e. The Labute approximate surface area is 245 Å². The molecule has 0 saturated heterocycles. The molecular formula is C38H52O2. The molecule has 2 heteroatoms. The van der Waals surface area contributed by atoms with Crippen LogP contribution in [0.25, 0.3) is 6.08 Å². The lowest BCUT2D eigenvalue weighted by molar-refractivity contribution is -0.129. The Morgan fingerprint density at radius 2 is 1.70 bits per heavy atom. The molecule has 0 N–H and O–H groups in total. The van der Waals surface area contributed by atoms with Crippen LogP contribution in [0, 0.1) is 11.3 Å². The van der Waals surface area contributed by atoms with Crippen molar-refractivity contribution in [3.8, 4) is 5.75 Å². The zero-order valence-electron chi connectivity index (χ0n) is 26.3. The predicted octanol–water partition coefficient (Wildman–Crippen LogP) is 11.3. The third-order valence-corrected chi connectivity index (χ3v) is 7.01. The Hall–Kier alpha value is -3.39. The molecule has 1 unspecified atom stereocenters. The third-order valence-electron chi connectivity index (χ3n) is 7.01. The van der Waals surface area contributed by atoms with E-state index in [4.69, 9.17) is 4.74 Å². The summed E-state index contributed by atoms with van der Waals surface area (Å²) in [6.45, 7) is 23.4. The zero-order valence-corrected chi connectivity index (χ0v) is 26.3. The fraction of sp³-hybridized carbons (Fsp3) is 0.395. The summed E-state index contributed by atoms with van der Waals surface area (Å²) in [5, 5.41) is 0. The minimum Gasteiger partial charge on any atom is -0.423 e. The van der Waals surface area contributed by atoms with Gasteiger partial charge in [-0.15, -0.1) is 13.2 Å². The van der Waals surface area contributed by atoms with Gasteiger partial charge in [-0.3, -0.25) is 0 Å². The van der Waals surface area contributed by atoms with Crippen LogP contribution in [-0.2, 0) is 4.79 Å². The second-order valence-electron chi connectivity index (χ2n) is 11.6. The van der Waals surface area contributed by atoms with Crippen LogP contribution in [0.15, 0.2) is 114 Å². The van der Waals surface area contributed by atoms with Crippen molar-refractivity contribution in [3.63, 3.8) is 0 Å². The van der Waals surface area contributed by atoms with E-state index >= 15 is 0 Å². The van der Waals surface area contributed by atoms with E-state index in [-0.39, 0.29) is 11.4 Å². The fourth-order valence-corrected chi connectivity index (χ4v) is 4.67. The third kappa shape index (κ3) is 13.6. The highest BCUT2D eigenvalue weighted by Crippen LogP contribution is 2.40. The van der Waals surface area contributed by atoms with Crippen molar-refractivity contribution in [1.29, 1.82) is 0 Å². The van der Waals surface area contributed by atoms with E-state index < -0.39 is 0 Å². The van der Waals surface area contributed by atoms with Crippen molar-refractivity contribution < 1.29 is 9.53 Å². The first-order chi connectivity index (χ1) is 19.0. The van der Waals surface area contributed by atoms with E-state index in [1.807, 2.05) is 43.3 Å². The zero-order chi connectivity index (χ0) is 30.1. The summed E-state index contributed by atoms with van der Waals surface area (Å²) < 4.78 is 5.49. The van der Waals surface area contributed by atoms with Crippen molar-refractivity contribution in [2.24, 2.45) is 11.3 Å². The smallest absolute Gasteiger partial charge is 0.336 e. The highest BCUT2D eigenvalue weighted by molar-refractivity contribution is 5.85. The minimum absolute atomic E-state index is 0.245. The van der Waals surface area contributed by atoms with Gasteiger partial charge in [0.1, 0.15) is 5.75 Å². The second kappa shape index (κ2) is 18.1. The van der Waals surface area contributed by atoms with Gasteiger partial charge in [0, 0.05) is 6.08 Å². The molecule has 1 atom stereocenters. The van der Waals surface area contributed by atoms with E-state index in [0.717, 1.165) is 24.0 Å². The Kier molecular flexibility index (Phi) is 15.6. The lowest BCUT2D eigenvalue weighted by atomic mass is 9.72. The topological polar surface area (TPSA) is 26.3 Å². The van der Waals surface area contributed by atoms with Crippen LogP contribution < -0.4 is 4.74 Å². The molecule has 1 aromatic carbocycles. The van der Waals surface area contributed by atoms with E-state index in [1.54, 1.807) is 0 Å². The van der Waals surface area contributed by atoms with Crippen molar-refractivity contribution in [2.45, 2.75) is 87.5 Å². The van der Waals surface area contributed by atoms with Gasteiger partial charge in [-0.25, -0.2) is 4.79 Å². The summed E-state index contributed by atoms with van der Waals surface area (Å²) >= 11 is 0. The number of allylic oxidation sites excluding steroid dienone is 12. The van der Waals surface area contributed by atoms with Gasteiger partial charge in [-0.05, 0) is 107 Å². The van der Waals surface area contributed by atoms with Gasteiger partial charge in [0.15, 0.2) is 0 Å². The molecule has 0 fully saturated rings. The van der Waals surface area contributed by atoms with Gasteiger partial charge in [-0.1, -0.05) is 98.2 Å². The Morgan fingerprint density at radius 1 is 1.02 bits per heavy atom. The molecule has 0 aromatic heterocycles. The van der Waals surface area contributed by atoms with Gasteiger partial charge < -0.3 is 4.74 Å². The first kappa shape index (κ1) is 34.6. The summed E-state index contributed by atoms with van der Waals surface area (Å²) in [4.78, 5) is 12.4. The summed E-state index contributed by atoms with van der Waals surface area (Å²) in [5.74, 6) is 0.698. The molecule has 2 rings (SSSR count). The first-order valence-electron chi connectivity index (χ1n) is 14.5. The Bertz CT molecular complexity index is 1160. The van der Waals surface area contributed by atoms with Crippen molar-refractivity contribution in [1.82, 2.24) is 0 Å². The Morgan fingerprint density at radius 3 is 2.33 bits per heavy atom. The lowest BCUT2D eigenvalue weighted by Gasteiger charge is -2.32. The average molecular weight is 541 g/mol. The number of benzene rings is 1. The van der Waals surface area contributed by atoms with Crippen molar-refractivity contribution >= 4 is 12.0 Å². The minimum atomic E-state index is -0.370. The predicted molar refractivity (Wildman–Crippen MR) is 176 cm³/mol. The molecule has 1 aliphatic rings. The molecule has 0 radical (unpaired) electrons. The number of hydrogen-bond acceptors (Lipinski definition) is 2. The molecule has 0 bridgehead atoms. The highest BCUT2D eigenvalue weighted by atomic mass is 16.5. The second-order valence-corrected chi connectivity index (χ2v) is 11.6. The number of hydrogen-bond donors (Lipinski definition) is 0. The van der Waals surface area contributed by atoms with Crippen LogP contribution in [-0.4, -0.2) is 5.97 Å². The van der Waals surface area contributed by atoms with E-state index in [1.165, 1.54) is 47.6 Å². The van der Waals surface area contributed by atoms with Crippen LogP contribution in [0.3, 0.4) is 0 Å². The van der Waals surface area contributed by atoms with Gasteiger partial charge in [0.2, 0.25) is 0 Å². The van der Waals surface area contributed by atoms with E-state index in [2.05, 4.69) is 98.1 Å². The SMILES string of the molecule is C=C.CC(C)=CCCC(C)/C=C/c1ccc(OC(=O)\C=C(C)/C=C/C=C(C)/C=C\C2=C(C)CCCC2(C)C)cc1. The standard InChI is InChI=1S/C36H48O2.C2H4/c1-27(2)12-9-13-28(3)17-19-32-20-22-33(23-21-32)38-35(37)26-30(5)15-10-14-29(4)18-24-34-31(6)16-11-25-36(34,7)8;1-2/h10,12,14-15,17-24,26,28H,9,11,13,16,25H2,1-8H3;1-2H2/b15-10+,19-17+,24-18-,29-14+,30-26-;. The normalized spacial score (nSPS) is 16.7. The lowest BCUT2D eigenvalue weighted by Crippen LogP contribution is -2.19. The number of rotatable bonds is 11. The van der Waals surface area contributed by atoms with Crippen LogP contribution in [0.5, 0.6) is 5.75 Å². The molecule has 2 nitrogen and oxygen atoms in total.